The van der Waals surface area contributed by atoms with Crippen LogP contribution in [-0.4, -0.2) is 16.7 Å². The Morgan fingerprint density at radius 3 is 2.56 bits per heavy atom. The summed E-state index contributed by atoms with van der Waals surface area (Å²) >= 11 is 0. The van der Waals surface area contributed by atoms with Crippen LogP contribution in [0.5, 0.6) is 0 Å². The summed E-state index contributed by atoms with van der Waals surface area (Å²) in [6, 6.07) is 13.6. The maximum atomic E-state index is 9.36. The molecule has 2 rings (SSSR count). The van der Waals surface area contributed by atoms with Gasteiger partial charge in [0.25, 0.3) is 0 Å². The maximum absolute atomic E-state index is 9.36. The van der Waals surface area contributed by atoms with E-state index in [0.29, 0.717) is 0 Å². The summed E-state index contributed by atoms with van der Waals surface area (Å²) in [5.41, 5.74) is 1.97. The molecule has 0 fully saturated rings. The molecule has 2 N–H and O–H groups in total. The van der Waals surface area contributed by atoms with E-state index < -0.39 is 0 Å². The van der Waals surface area contributed by atoms with Crippen LogP contribution in [0.1, 0.15) is 11.6 Å². The average Bonchev–Trinajstić information content (AvgIpc) is 2.38. The number of nitrogens with zero attached hydrogens (tertiary/aromatic N) is 1. The summed E-state index contributed by atoms with van der Waals surface area (Å²) in [4.78, 5) is 4.02. The van der Waals surface area contributed by atoms with Gasteiger partial charge in [-0.25, -0.2) is 0 Å². The van der Waals surface area contributed by atoms with Gasteiger partial charge in [0.1, 0.15) is 0 Å². The fourth-order valence-corrected chi connectivity index (χ4v) is 1.57. The van der Waals surface area contributed by atoms with Crippen molar-refractivity contribution in [3.63, 3.8) is 0 Å². The second-order valence-corrected chi connectivity index (χ2v) is 3.53. The fourth-order valence-electron chi connectivity index (χ4n) is 1.57. The third-order valence-electron chi connectivity index (χ3n) is 2.39. The first kappa shape index (κ1) is 10.6. The number of hydrogen-bond donors (Lipinski definition) is 2. The van der Waals surface area contributed by atoms with Crippen molar-refractivity contribution >= 4 is 5.69 Å². The summed E-state index contributed by atoms with van der Waals surface area (Å²) < 4.78 is 0. The smallest absolute Gasteiger partial charge is 0.0745 e. The van der Waals surface area contributed by atoms with Gasteiger partial charge in [0.15, 0.2) is 0 Å². The molecule has 1 aromatic carbocycles. The van der Waals surface area contributed by atoms with Crippen molar-refractivity contribution in [1.82, 2.24) is 4.98 Å². The molecule has 2 aromatic rings. The van der Waals surface area contributed by atoms with Crippen LogP contribution in [0.2, 0.25) is 0 Å². The molecule has 16 heavy (non-hydrogen) atoms. The Bertz CT molecular complexity index is 416. The van der Waals surface area contributed by atoms with Crippen LogP contribution in [0.3, 0.4) is 0 Å². The average molecular weight is 214 g/mol. The van der Waals surface area contributed by atoms with Crippen LogP contribution in [0.25, 0.3) is 0 Å². The molecular weight excluding hydrogens is 200 g/mol. The van der Waals surface area contributed by atoms with E-state index in [-0.39, 0.29) is 12.6 Å². The van der Waals surface area contributed by atoms with Gasteiger partial charge < -0.3 is 10.4 Å². The molecule has 82 valence electrons. The zero-order valence-corrected chi connectivity index (χ0v) is 8.88. The van der Waals surface area contributed by atoms with E-state index in [1.165, 1.54) is 0 Å². The molecule has 1 heterocycles. The van der Waals surface area contributed by atoms with E-state index in [0.717, 1.165) is 11.3 Å². The molecule has 0 saturated carbocycles. The number of aromatic nitrogens is 1. The fraction of sp³-hybridized carbons (Fsp3) is 0.154. The van der Waals surface area contributed by atoms with Crippen LogP contribution < -0.4 is 5.32 Å². The predicted octanol–water partition coefficient (Wildman–Crippen LogP) is 2.23. The van der Waals surface area contributed by atoms with E-state index >= 15 is 0 Å². The van der Waals surface area contributed by atoms with Crippen molar-refractivity contribution in [2.24, 2.45) is 0 Å². The molecule has 0 saturated heterocycles. The summed E-state index contributed by atoms with van der Waals surface area (Å²) in [7, 11) is 0. The van der Waals surface area contributed by atoms with Gasteiger partial charge in [-0.3, -0.25) is 4.98 Å². The SMILES string of the molecule is OC[C@H](Nc1cccnc1)c1ccccc1. The molecule has 0 bridgehead atoms. The number of benzene rings is 1. The Labute approximate surface area is 94.8 Å². The molecule has 3 nitrogen and oxygen atoms in total. The van der Waals surface area contributed by atoms with Gasteiger partial charge in [-0.15, -0.1) is 0 Å². The molecule has 0 aliphatic carbocycles. The summed E-state index contributed by atoms with van der Waals surface area (Å²) in [5.74, 6) is 0. The normalized spacial score (nSPS) is 12.1. The number of rotatable bonds is 4. The van der Waals surface area contributed by atoms with E-state index in [1.807, 2.05) is 42.5 Å². The Balaban J connectivity index is 2.13. The molecule has 0 aliphatic rings. The van der Waals surface area contributed by atoms with Crippen LogP contribution in [0, 0.1) is 0 Å². The lowest BCUT2D eigenvalue weighted by molar-refractivity contribution is 0.276. The number of aliphatic hydroxyl groups excluding tert-OH is 1. The zero-order valence-electron chi connectivity index (χ0n) is 8.88. The van der Waals surface area contributed by atoms with Crippen LogP contribution in [0.4, 0.5) is 5.69 Å². The number of hydrogen-bond acceptors (Lipinski definition) is 3. The van der Waals surface area contributed by atoms with Crippen LogP contribution in [-0.2, 0) is 0 Å². The standard InChI is InChI=1S/C13H14N2O/c16-10-13(11-5-2-1-3-6-11)15-12-7-4-8-14-9-12/h1-9,13,15-16H,10H2/t13-/m0/s1. The van der Waals surface area contributed by atoms with Crippen molar-refractivity contribution in [2.75, 3.05) is 11.9 Å². The van der Waals surface area contributed by atoms with Crippen LogP contribution >= 0.6 is 0 Å². The molecule has 1 atom stereocenters. The molecule has 1 aromatic heterocycles. The Hall–Kier alpha value is -1.87. The van der Waals surface area contributed by atoms with E-state index in [2.05, 4.69) is 10.3 Å². The Kier molecular flexibility index (Phi) is 3.51. The van der Waals surface area contributed by atoms with Crippen molar-refractivity contribution in [3.8, 4) is 0 Å². The minimum atomic E-state index is -0.0922. The molecular formula is C13H14N2O. The number of aliphatic hydroxyl groups is 1. The minimum absolute atomic E-state index is 0.0545. The largest absolute Gasteiger partial charge is 0.394 e. The highest BCUT2D eigenvalue weighted by atomic mass is 16.3. The third-order valence-corrected chi connectivity index (χ3v) is 2.39. The van der Waals surface area contributed by atoms with E-state index in [4.69, 9.17) is 0 Å². The molecule has 0 spiro atoms. The quantitative estimate of drug-likeness (QED) is 0.820. The van der Waals surface area contributed by atoms with Crippen molar-refractivity contribution in [1.29, 1.82) is 0 Å². The molecule has 0 amide bonds. The van der Waals surface area contributed by atoms with Crippen molar-refractivity contribution in [2.45, 2.75) is 6.04 Å². The second kappa shape index (κ2) is 5.28. The van der Waals surface area contributed by atoms with Gasteiger partial charge >= 0.3 is 0 Å². The number of anilines is 1. The third kappa shape index (κ3) is 2.58. The van der Waals surface area contributed by atoms with Gasteiger partial charge in [-0.05, 0) is 17.7 Å². The summed E-state index contributed by atoms with van der Waals surface area (Å²) in [6.45, 7) is 0.0545. The van der Waals surface area contributed by atoms with Gasteiger partial charge in [0.2, 0.25) is 0 Å². The van der Waals surface area contributed by atoms with Crippen molar-refractivity contribution in [3.05, 3.63) is 60.4 Å². The van der Waals surface area contributed by atoms with Gasteiger partial charge in [0.05, 0.1) is 18.3 Å². The first-order valence-electron chi connectivity index (χ1n) is 5.22. The first-order valence-corrected chi connectivity index (χ1v) is 5.22. The van der Waals surface area contributed by atoms with Gasteiger partial charge in [0, 0.05) is 12.4 Å². The minimum Gasteiger partial charge on any atom is -0.394 e. The van der Waals surface area contributed by atoms with Gasteiger partial charge in [-0.1, -0.05) is 30.3 Å². The number of nitrogens with one attached hydrogen (secondary N) is 1. The highest BCUT2D eigenvalue weighted by Gasteiger charge is 2.08. The second-order valence-electron chi connectivity index (χ2n) is 3.53. The highest BCUT2D eigenvalue weighted by molar-refractivity contribution is 5.42. The molecule has 0 aliphatic heterocycles. The molecule has 0 unspecified atom stereocenters. The molecule has 3 heteroatoms. The lowest BCUT2D eigenvalue weighted by atomic mass is 10.1. The lowest BCUT2D eigenvalue weighted by Gasteiger charge is -2.17. The Morgan fingerprint density at radius 2 is 1.94 bits per heavy atom. The Morgan fingerprint density at radius 1 is 1.12 bits per heavy atom. The zero-order chi connectivity index (χ0) is 11.2. The molecule has 0 radical (unpaired) electrons. The monoisotopic (exact) mass is 214 g/mol. The lowest BCUT2D eigenvalue weighted by Crippen LogP contribution is -2.14. The predicted molar refractivity (Wildman–Crippen MR) is 64.1 cm³/mol. The van der Waals surface area contributed by atoms with Crippen LogP contribution in [0.15, 0.2) is 54.9 Å². The topological polar surface area (TPSA) is 45.1 Å². The maximum Gasteiger partial charge on any atom is 0.0745 e. The van der Waals surface area contributed by atoms with Gasteiger partial charge in [-0.2, -0.15) is 0 Å². The first-order chi connectivity index (χ1) is 7.90. The van der Waals surface area contributed by atoms with Crippen molar-refractivity contribution < 1.29 is 5.11 Å². The van der Waals surface area contributed by atoms with E-state index in [9.17, 15) is 5.11 Å². The van der Waals surface area contributed by atoms with E-state index in [1.54, 1.807) is 12.4 Å². The number of pyridine rings is 1. The summed E-state index contributed by atoms with van der Waals surface area (Å²) in [5, 5.41) is 12.6. The summed E-state index contributed by atoms with van der Waals surface area (Å²) in [6.07, 6.45) is 3.47. The highest BCUT2D eigenvalue weighted by Crippen LogP contribution is 2.17.